The minimum absolute atomic E-state index is 0.137. The Labute approximate surface area is 107 Å². The second-order valence-corrected chi connectivity index (χ2v) is 4.50. The van der Waals surface area contributed by atoms with Crippen molar-refractivity contribution >= 4 is 5.97 Å². The van der Waals surface area contributed by atoms with E-state index < -0.39 is 11.6 Å². The first kappa shape index (κ1) is 14.7. The van der Waals surface area contributed by atoms with Crippen molar-refractivity contribution in [1.82, 2.24) is 15.1 Å². The smallest absolute Gasteiger partial charge is 0.338 e. The maximum absolute atomic E-state index is 11.3. The van der Waals surface area contributed by atoms with Gasteiger partial charge in [-0.3, -0.25) is 4.68 Å². The van der Waals surface area contributed by atoms with E-state index in [-0.39, 0.29) is 6.54 Å². The Morgan fingerprint density at radius 2 is 2.33 bits per heavy atom. The highest BCUT2D eigenvalue weighted by Crippen LogP contribution is 2.08. The Kier molecular flexibility index (Phi) is 4.86. The molecule has 0 aliphatic carbocycles. The zero-order valence-electron chi connectivity index (χ0n) is 11.4. The molecule has 2 N–H and O–H groups in total. The molecule has 1 aromatic heterocycles. The zero-order valence-corrected chi connectivity index (χ0v) is 11.4. The minimum Gasteiger partial charge on any atom is -0.467 e. The molecule has 6 heteroatoms. The van der Waals surface area contributed by atoms with Crippen LogP contribution in [0.1, 0.15) is 25.1 Å². The van der Waals surface area contributed by atoms with E-state index in [1.807, 2.05) is 20.2 Å². The number of carbonyl (C=O) groups is 1. The zero-order chi connectivity index (χ0) is 13.8. The lowest BCUT2D eigenvalue weighted by Gasteiger charge is -2.20. The lowest BCUT2D eigenvalue weighted by atomic mass is 10.1. The molecule has 0 aliphatic rings. The summed E-state index contributed by atoms with van der Waals surface area (Å²) in [5.74, 6) is -0.642. The van der Waals surface area contributed by atoms with Gasteiger partial charge in [0, 0.05) is 31.9 Å². The Balaban J connectivity index is 2.53. The topological polar surface area (TPSA) is 76.4 Å². The van der Waals surface area contributed by atoms with Gasteiger partial charge in [-0.05, 0) is 13.3 Å². The third-order valence-electron chi connectivity index (χ3n) is 2.74. The molecule has 1 atom stereocenters. The Hall–Kier alpha value is -1.40. The normalized spacial score (nSPS) is 14.3. The molecule has 102 valence electrons. The first-order valence-corrected chi connectivity index (χ1v) is 5.93. The molecule has 0 aromatic carbocycles. The molecule has 0 fully saturated rings. The Morgan fingerprint density at radius 1 is 1.67 bits per heavy atom. The van der Waals surface area contributed by atoms with E-state index >= 15 is 0 Å². The van der Waals surface area contributed by atoms with Crippen molar-refractivity contribution in [2.24, 2.45) is 7.05 Å². The molecule has 0 aliphatic heterocycles. The van der Waals surface area contributed by atoms with Gasteiger partial charge >= 0.3 is 5.97 Å². The van der Waals surface area contributed by atoms with Gasteiger partial charge in [-0.15, -0.1) is 0 Å². The van der Waals surface area contributed by atoms with Crippen LogP contribution in [0.4, 0.5) is 0 Å². The molecule has 0 saturated carbocycles. The predicted octanol–water partition coefficient (Wildman–Crippen LogP) is -0.00390. The van der Waals surface area contributed by atoms with E-state index in [0.29, 0.717) is 6.54 Å². The van der Waals surface area contributed by atoms with Crippen LogP contribution < -0.4 is 5.32 Å². The van der Waals surface area contributed by atoms with Crippen molar-refractivity contribution in [3.8, 4) is 0 Å². The molecular formula is C12H21N3O3. The summed E-state index contributed by atoms with van der Waals surface area (Å²) in [5.41, 5.74) is 0.576. The number of hydrogen-bond donors (Lipinski definition) is 2. The van der Waals surface area contributed by atoms with E-state index in [1.165, 1.54) is 14.0 Å². The molecule has 6 nitrogen and oxygen atoms in total. The standard InChI is InChI=1S/C12H21N3O3/c1-5-10-9(7-15(3)14-10)6-13-8-12(2,17)11(16)18-4/h7,13,17H,5-6,8H2,1-4H3. The number of aromatic nitrogens is 2. The van der Waals surface area contributed by atoms with Gasteiger partial charge in [0.2, 0.25) is 0 Å². The number of rotatable bonds is 6. The summed E-state index contributed by atoms with van der Waals surface area (Å²) in [7, 11) is 3.13. The van der Waals surface area contributed by atoms with Crippen LogP contribution in [0, 0.1) is 0 Å². The van der Waals surface area contributed by atoms with Crippen molar-refractivity contribution in [3.05, 3.63) is 17.5 Å². The molecule has 1 aromatic rings. The van der Waals surface area contributed by atoms with Crippen LogP contribution >= 0.6 is 0 Å². The fourth-order valence-corrected chi connectivity index (χ4v) is 1.76. The van der Waals surface area contributed by atoms with E-state index in [1.54, 1.807) is 4.68 Å². The molecule has 18 heavy (non-hydrogen) atoms. The van der Waals surface area contributed by atoms with Gasteiger partial charge in [-0.2, -0.15) is 5.10 Å². The highest BCUT2D eigenvalue weighted by molar-refractivity contribution is 5.78. The number of aryl methyl sites for hydroxylation is 2. The van der Waals surface area contributed by atoms with Crippen LogP contribution in [0.15, 0.2) is 6.20 Å². The van der Waals surface area contributed by atoms with Crippen molar-refractivity contribution in [3.63, 3.8) is 0 Å². The maximum atomic E-state index is 11.3. The lowest BCUT2D eigenvalue weighted by Crippen LogP contribution is -2.45. The summed E-state index contributed by atoms with van der Waals surface area (Å²) in [5, 5.41) is 17.2. The van der Waals surface area contributed by atoms with Crippen molar-refractivity contribution in [1.29, 1.82) is 0 Å². The van der Waals surface area contributed by atoms with Crippen molar-refractivity contribution in [2.75, 3.05) is 13.7 Å². The van der Waals surface area contributed by atoms with Crippen LogP contribution in [0.2, 0.25) is 0 Å². The van der Waals surface area contributed by atoms with Gasteiger partial charge in [0.05, 0.1) is 12.8 Å². The van der Waals surface area contributed by atoms with Crippen LogP contribution in [-0.4, -0.2) is 40.1 Å². The van der Waals surface area contributed by atoms with Gasteiger partial charge in [-0.25, -0.2) is 4.79 Å². The minimum atomic E-state index is -1.51. The number of esters is 1. The second kappa shape index (κ2) is 5.97. The largest absolute Gasteiger partial charge is 0.467 e. The van der Waals surface area contributed by atoms with Gasteiger partial charge in [-0.1, -0.05) is 6.92 Å². The number of methoxy groups -OCH3 is 1. The van der Waals surface area contributed by atoms with Gasteiger partial charge in [0.15, 0.2) is 5.60 Å². The fourth-order valence-electron chi connectivity index (χ4n) is 1.76. The predicted molar refractivity (Wildman–Crippen MR) is 66.9 cm³/mol. The fraction of sp³-hybridized carbons (Fsp3) is 0.667. The molecule has 0 spiro atoms. The van der Waals surface area contributed by atoms with Crippen LogP contribution in [-0.2, 0) is 29.5 Å². The molecule has 1 rings (SSSR count). The third-order valence-corrected chi connectivity index (χ3v) is 2.74. The Bertz CT molecular complexity index is 413. The summed E-state index contributed by atoms with van der Waals surface area (Å²) in [6.07, 6.45) is 2.78. The van der Waals surface area contributed by atoms with E-state index in [9.17, 15) is 9.90 Å². The van der Waals surface area contributed by atoms with Gasteiger partial charge < -0.3 is 15.2 Å². The number of ether oxygens (including phenoxy) is 1. The molecule has 0 saturated heterocycles. The number of carbonyl (C=O) groups excluding carboxylic acids is 1. The van der Waals surface area contributed by atoms with Gasteiger partial charge in [0.1, 0.15) is 0 Å². The van der Waals surface area contributed by atoms with E-state index in [2.05, 4.69) is 15.2 Å². The SMILES string of the molecule is CCc1nn(C)cc1CNCC(C)(O)C(=O)OC. The first-order valence-electron chi connectivity index (χ1n) is 5.93. The number of aliphatic hydroxyl groups is 1. The van der Waals surface area contributed by atoms with Crippen LogP contribution in [0.25, 0.3) is 0 Å². The van der Waals surface area contributed by atoms with Crippen molar-refractivity contribution in [2.45, 2.75) is 32.4 Å². The van der Waals surface area contributed by atoms with Gasteiger partial charge in [0.25, 0.3) is 0 Å². The lowest BCUT2D eigenvalue weighted by molar-refractivity contribution is -0.159. The number of nitrogens with one attached hydrogen (secondary N) is 1. The summed E-state index contributed by atoms with van der Waals surface area (Å²) in [4.78, 5) is 11.3. The van der Waals surface area contributed by atoms with Crippen molar-refractivity contribution < 1.29 is 14.6 Å². The molecule has 0 amide bonds. The average molecular weight is 255 g/mol. The number of nitrogens with zero attached hydrogens (tertiary/aromatic N) is 2. The maximum Gasteiger partial charge on any atom is 0.338 e. The van der Waals surface area contributed by atoms with E-state index in [0.717, 1.165) is 17.7 Å². The molecule has 0 bridgehead atoms. The highest BCUT2D eigenvalue weighted by atomic mass is 16.5. The summed E-state index contributed by atoms with van der Waals surface area (Å²) in [6, 6.07) is 0. The van der Waals surface area contributed by atoms with Crippen LogP contribution in [0.3, 0.4) is 0 Å². The monoisotopic (exact) mass is 255 g/mol. The third kappa shape index (κ3) is 3.54. The van der Waals surface area contributed by atoms with E-state index in [4.69, 9.17) is 0 Å². The highest BCUT2D eigenvalue weighted by Gasteiger charge is 2.30. The van der Waals surface area contributed by atoms with Crippen LogP contribution in [0.5, 0.6) is 0 Å². The molecule has 1 unspecified atom stereocenters. The first-order chi connectivity index (χ1) is 8.40. The average Bonchev–Trinajstić information content (AvgIpc) is 2.68. The molecule has 1 heterocycles. The second-order valence-electron chi connectivity index (χ2n) is 4.50. The molecular weight excluding hydrogens is 234 g/mol. The summed E-state index contributed by atoms with van der Waals surface area (Å²) < 4.78 is 6.28. The summed E-state index contributed by atoms with van der Waals surface area (Å²) in [6.45, 7) is 4.16. The quantitative estimate of drug-likeness (QED) is 0.700. The molecule has 0 radical (unpaired) electrons. The Morgan fingerprint density at radius 3 is 2.89 bits per heavy atom. The number of hydrogen-bond acceptors (Lipinski definition) is 5. The summed E-state index contributed by atoms with van der Waals surface area (Å²) >= 11 is 0.